The lowest BCUT2D eigenvalue weighted by Crippen LogP contribution is -2.37. The van der Waals surface area contributed by atoms with Crippen molar-refractivity contribution in [3.63, 3.8) is 0 Å². The molecule has 8 heteroatoms. The zero-order valence-corrected chi connectivity index (χ0v) is 16.1. The van der Waals surface area contributed by atoms with Crippen molar-refractivity contribution in [2.45, 2.75) is 33.2 Å². The average molecular weight is 368 g/mol. The van der Waals surface area contributed by atoms with Crippen molar-refractivity contribution in [2.75, 3.05) is 5.43 Å². The Morgan fingerprint density at radius 1 is 1.15 bits per heavy atom. The number of nitrogens with zero attached hydrogens (tertiary/aromatic N) is 5. The molecule has 0 aliphatic carbocycles. The van der Waals surface area contributed by atoms with Crippen LogP contribution in [0.5, 0.6) is 0 Å². The third-order valence-corrected chi connectivity index (χ3v) is 4.54. The van der Waals surface area contributed by atoms with Crippen molar-refractivity contribution in [3.05, 3.63) is 56.2 Å². The van der Waals surface area contributed by atoms with Gasteiger partial charge in [0.2, 0.25) is 5.95 Å². The molecular formula is C19H24N6O2. The molecule has 27 heavy (non-hydrogen) atoms. The van der Waals surface area contributed by atoms with Crippen LogP contribution in [-0.4, -0.2) is 24.9 Å². The van der Waals surface area contributed by atoms with E-state index in [0.717, 1.165) is 23.0 Å². The molecule has 0 fully saturated rings. The van der Waals surface area contributed by atoms with Gasteiger partial charge < -0.3 is 4.57 Å². The summed E-state index contributed by atoms with van der Waals surface area (Å²) in [5, 5.41) is 4.26. The minimum absolute atomic E-state index is 0.354. The normalized spacial score (nSPS) is 11.6. The molecule has 0 bridgehead atoms. The number of imidazole rings is 1. The molecule has 2 heterocycles. The van der Waals surface area contributed by atoms with Crippen LogP contribution in [0.4, 0.5) is 5.95 Å². The monoisotopic (exact) mass is 368 g/mol. The van der Waals surface area contributed by atoms with Crippen LogP contribution < -0.4 is 16.7 Å². The smallest absolute Gasteiger partial charge is 0.303 e. The van der Waals surface area contributed by atoms with E-state index >= 15 is 0 Å². The van der Waals surface area contributed by atoms with Gasteiger partial charge in [-0.25, -0.2) is 10.2 Å². The summed E-state index contributed by atoms with van der Waals surface area (Å²) in [7, 11) is 3.09. The summed E-state index contributed by atoms with van der Waals surface area (Å²) in [6.45, 7) is 4.72. The van der Waals surface area contributed by atoms with E-state index in [2.05, 4.69) is 22.4 Å². The van der Waals surface area contributed by atoms with Crippen molar-refractivity contribution in [1.82, 2.24) is 18.7 Å². The highest BCUT2D eigenvalue weighted by atomic mass is 16.2. The van der Waals surface area contributed by atoms with E-state index in [4.69, 9.17) is 0 Å². The summed E-state index contributed by atoms with van der Waals surface area (Å²) in [6, 6.07) is 7.97. The van der Waals surface area contributed by atoms with Crippen molar-refractivity contribution < 1.29 is 0 Å². The molecule has 0 saturated heterocycles. The Hall–Kier alpha value is -3.16. The maximum Gasteiger partial charge on any atom is 0.332 e. The summed E-state index contributed by atoms with van der Waals surface area (Å²) >= 11 is 0. The molecule has 0 atom stereocenters. The predicted molar refractivity (Wildman–Crippen MR) is 108 cm³/mol. The van der Waals surface area contributed by atoms with Crippen LogP contribution in [0, 0.1) is 6.92 Å². The highest BCUT2D eigenvalue weighted by Crippen LogP contribution is 2.16. The standard InChI is InChI=1S/C19H24N6O2/c1-5-6-11-25-15-16(23(3)19(27)24(4)17(15)26)21-18(25)22-20-12-14-9-7-13(2)8-10-14/h7-10,12H,5-6,11H2,1-4H3,(H,21,22). The molecule has 2 aromatic heterocycles. The van der Waals surface area contributed by atoms with Gasteiger partial charge in [0.05, 0.1) is 6.21 Å². The van der Waals surface area contributed by atoms with Crippen LogP contribution in [0.15, 0.2) is 39.0 Å². The number of rotatable bonds is 6. The van der Waals surface area contributed by atoms with Gasteiger partial charge in [-0.15, -0.1) is 0 Å². The van der Waals surface area contributed by atoms with Gasteiger partial charge in [-0.05, 0) is 18.9 Å². The number of hydrogen-bond donors (Lipinski definition) is 1. The fourth-order valence-corrected chi connectivity index (χ4v) is 2.88. The maximum atomic E-state index is 12.6. The van der Waals surface area contributed by atoms with Crippen LogP contribution in [0.25, 0.3) is 11.2 Å². The van der Waals surface area contributed by atoms with Gasteiger partial charge in [0.1, 0.15) is 0 Å². The van der Waals surface area contributed by atoms with Gasteiger partial charge >= 0.3 is 5.69 Å². The zero-order valence-electron chi connectivity index (χ0n) is 16.1. The van der Waals surface area contributed by atoms with Gasteiger partial charge in [-0.3, -0.25) is 13.9 Å². The van der Waals surface area contributed by atoms with Crippen LogP contribution in [-0.2, 0) is 20.6 Å². The second-order valence-corrected chi connectivity index (χ2v) is 6.60. The highest BCUT2D eigenvalue weighted by molar-refractivity contribution is 5.80. The zero-order chi connectivity index (χ0) is 19.6. The number of unbranched alkanes of at least 4 members (excludes halogenated alkanes) is 1. The second-order valence-electron chi connectivity index (χ2n) is 6.60. The minimum Gasteiger partial charge on any atom is -0.303 e. The summed E-state index contributed by atoms with van der Waals surface area (Å²) in [6.07, 6.45) is 3.55. The minimum atomic E-state index is -0.401. The van der Waals surface area contributed by atoms with Crippen LogP contribution >= 0.6 is 0 Å². The van der Waals surface area contributed by atoms with Gasteiger partial charge in [0, 0.05) is 20.6 Å². The number of anilines is 1. The Balaban J connectivity index is 2.04. The molecule has 1 N–H and O–H groups in total. The number of aryl methyl sites for hydroxylation is 3. The van der Waals surface area contributed by atoms with E-state index < -0.39 is 5.69 Å². The molecule has 0 spiro atoms. The molecule has 0 aliphatic heterocycles. The molecule has 0 unspecified atom stereocenters. The predicted octanol–water partition coefficient (Wildman–Crippen LogP) is 1.99. The molecular weight excluding hydrogens is 344 g/mol. The van der Waals surface area contributed by atoms with Crippen molar-refractivity contribution in [1.29, 1.82) is 0 Å². The second kappa shape index (κ2) is 7.61. The maximum absolute atomic E-state index is 12.6. The SMILES string of the molecule is CCCCn1c(NN=Cc2ccc(C)cc2)nc2c1c(=O)n(C)c(=O)n2C. The lowest BCUT2D eigenvalue weighted by molar-refractivity contribution is 0.641. The van der Waals surface area contributed by atoms with E-state index in [1.165, 1.54) is 17.2 Å². The number of nitrogens with one attached hydrogen (secondary N) is 1. The summed E-state index contributed by atoms with van der Waals surface area (Å²) < 4.78 is 4.28. The molecule has 8 nitrogen and oxygen atoms in total. The summed E-state index contributed by atoms with van der Waals surface area (Å²) in [4.78, 5) is 29.3. The van der Waals surface area contributed by atoms with Crippen molar-refractivity contribution >= 4 is 23.3 Å². The van der Waals surface area contributed by atoms with Crippen LogP contribution in [0.2, 0.25) is 0 Å². The van der Waals surface area contributed by atoms with Crippen molar-refractivity contribution in [2.24, 2.45) is 19.2 Å². The highest BCUT2D eigenvalue weighted by Gasteiger charge is 2.18. The molecule has 0 saturated carbocycles. The lowest BCUT2D eigenvalue weighted by Gasteiger charge is -2.08. The first-order chi connectivity index (χ1) is 12.9. The molecule has 3 rings (SSSR count). The number of hydrogen-bond acceptors (Lipinski definition) is 5. The fourth-order valence-electron chi connectivity index (χ4n) is 2.88. The number of benzene rings is 1. The fraction of sp³-hybridized carbons (Fsp3) is 0.368. The third-order valence-electron chi connectivity index (χ3n) is 4.54. The first-order valence-electron chi connectivity index (χ1n) is 8.96. The molecule has 3 aromatic rings. The molecule has 0 radical (unpaired) electrons. The number of hydrazone groups is 1. The van der Waals surface area contributed by atoms with Gasteiger partial charge in [0.15, 0.2) is 11.2 Å². The molecule has 0 aliphatic rings. The molecule has 1 aromatic carbocycles. The Bertz CT molecular complexity index is 1100. The first kappa shape index (κ1) is 18.6. The van der Waals surface area contributed by atoms with E-state index in [-0.39, 0.29) is 5.56 Å². The number of aromatic nitrogens is 4. The molecule has 142 valence electrons. The molecule has 0 amide bonds. The van der Waals surface area contributed by atoms with Gasteiger partial charge in [-0.1, -0.05) is 43.2 Å². The van der Waals surface area contributed by atoms with Gasteiger partial charge in [0.25, 0.3) is 5.56 Å². The Kier molecular flexibility index (Phi) is 5.25. The van der Waals surface area contributed by atoms with E-state index in [1.807, 2.05) is 31.2 Å². The Morgan fingerprint density at radius 3 is 2.52 bits per heavy atom. The third kappa shape index (κ3) is 3.55. The van der Waals surface area contributed by atoms with Crippen LogP contribution in [0.3, 0.4) is 0 Å². The average Bonchev–Trinajstić information content (AvgIpc) is 3.03. The largest absolute Gasteiger partial charge is 0.332 e. The Morgan fingerprint density at radius 2 is 1.85 bits per heavy atom. The van der Waals surface area contributed by atoms with E-state index in [1.54, 1.807) is 17.8 Å². The van der Waals surface area contributed by atoms with Crippen LogP contribution in [0.1, 0.15) is 30.9 Å². The quantitative estimate of drug-likeness (QED) is 0.532. The number of fused-ring (bicyclic) bond motifs is 1. The lowest BCUT2D eigenvalue weighted by atomic mass is 10.2. The van der Waals surface area contributed by atoms with E-state index in [0.29, 0.717) is 23.7 Å². The first-order valence-corrected chi connectivity index (χ1v) is 8.96. The summed E-state index contributed by atoms with van der Waals surface area (Å²) in [5.74, 6) is 0.445. The summed E-state index contributed by atoms with van der Waals surface area (Å²) in [5.41, 5.74) is 5.06. The van der Waals surface area contributed by atoms with Gasteiger partial charge in [-0.2, -0.15) is 10.1 Å². The van der Waals surface area contributed by atoms with E-state index in [9.17, 15) is 9.59 Å². The topological polar surface area (TPSA) is 86.2 Å². The Labute approximate surface area is 156 Å². The van der Waals surface area contributed by atoms with Crippen molar-refractivity contribution in [3.8, 4) is 0 Å².